The molecule has 0 saturated carbocycles. The number of fused-ring (bicyclic) bond motifs is 1. The minimum Gasteiger partial charge on any atom is -0.317 e. The van der Waals surface area contributed by atoms with Crippen molar-refractivity contribution in [1.29, 1.82) is 0 Å². The van der Waals surface area contributed by atoms with Crippen LogP contribution in [-0.2, 0) is 12.7 Å². The highest BCUT2D eigenvalue weighted by molar-refractivity contribution is 6.04. The number of aryl methyl sites for hydroxylation is 1. The number of rotatable bonds is 4. The van der Waals surface area contributed by atoms with Crippen molar-refractivity contribution in [2.75, 3.05) is 5.32 Å². The summed E-state index contributed by atoms with van der Waals surface area (Å²) in [7, 11) is 0. The van der Waals surface area contributed by atoms with Crippen LogP contribution in [0.5, 0.6) is 0 Å². The third-order valence-electron chi connectivity index (χ3n) is 4.68. The zero-order valence-electron chi connectivity index (χ0n) is 16.1. The molecule has 0 fully saturated rings. The molecule has 1 aromatic carbocycles. The van der Waals surface area contributed by atoms with Crippen LogP contribution in [0.1, 0.15) is 33.0 Å². The average Bonchev–Trinajstić information content (AvgIpc) is 3.24. The number of carbonyl (C=O) groups excluding carboxylic acids is 1. The largest absolute Gasteiger partial charge is 0.416 e. The summed E-state index contributed by atoms with van der Waals surface area (Å²) in [6, 6.07) is 8.36. The van der Waals surface area contributed by atoms with Crippen LogP contribution in [0.15, 0.2) is 48.8 Å². The first kappa shape index (κ1) is 19.6. The number of carbonyl (C=O) groups is 1. The summed E-state index contributed by atoms with van der Waals surface area (Å²) in [6.45, 7) is 3.61. The maximum Gasteiger partial charge on any atom is 0.416 e. The summed E-state index contributed by atoms with van der Waals surface area (Å²) in [5.74, 6) is -0.426. The van der Waals surface area contributed by atoms with E-state index in [4.69, 9.17) is 0 Å². The van der Waals surface area contributed by atoms with Crippen LogP contribution in [0, 0.1) is 13.8 Å². The second-order valence-electron chi connectivity index (χ2n) is 6.81. The molecule has 0 saturated heterocycles. The van der Waals surface area contributed by atoms with Gasteiger partial charge in [0.15, 0.2) is 11.3 Å². The number of nitrogens with zero attached hydrogens (tertiary/aromatic N) is 5. The lowest BCUT2D eigenvalue weighted by molar-refractivity contribution is -0.137. The molecule has 0 atom stereocenters. The fourth-order valence-corrected chi connectivity index (χ4v) is 3.17. The molecule has 1 N–H and O–H groups in total. The molecule has 10 heteroatoms. The number of amides is 1. The van der Waals surface area contributed by atoms with Crippen molar-refractivity contribution >= 4 is 17.2 Å². The Bertz CT molecular complexity index is 1210. The quantitative estimate of drug-likeness (QED) is 0.550. The zero-order chi connectivity index (χ0) is 21.5. The van der Waals surface area contributed by atoms with Crippen LogP contribution in [0.4, 0.5) is 18.9 Å². The van der Waals surface area contributed by atoms with Crippen LogP contribution >= 0.6 is 0 Å². The van der Waals surface area contributed by atoms with Crippen molar-refractivity contribution in [3.05, 3.63) is 77.0 Å². The molecule has 1 amide bonds. The van der Waals surface area contributed by atoms with Crippen LogP contribution < -0.4 is 5.32 Å². The topological polar surface area (TPSA) is 77.1 Å². The Balaban J connectivity index is 1.57. The van der Waals surface area contributed by atoms with Crippen molar-refractivity contribution < 1.29 is 18.0 Å². The molecule has 3 aromatic heterocycles. The van der Waals surface area contributed by atoms with Gasteiger partial charge in [0.25, 0.3) is 5.91 Å². The fourth-order valence-electron chi connectivity index (χ4n) is 3.17. The van der Waals surface area contributed by atoms with Gasteiger partial charge in [-0.2, -0.15) is 23.4 Å². The number of hydrogen-bond acceptors (Lipinski definition) is 4. The Morgan fingerprint density at radius 2 is 1.93 bits per heavy atom. The molecule has 0 aliphatic carbocycles. The number of alkyl halides is 3. The average molecular weight is 414 g/mol. The Kier molecular flexibility index (Phi) is 4.76. The first-order valence-corrected chi connectivity index (χ1v) is 9.04. The Labute approximate surface area is 169 Å². The molecule has 0 unspecified atom stereocenters. The minimum atomic E-state index is -4.41. The SMILES string of the molecule is Cc1nn(Cc2cccc(C(F)(F)F)c2)c(C)c1NC(=O)c1cc2ncccn2n1. The van der Waals surface area contributed by atoms with E-state index in [0.29, 0.717) is 28.3 Å². The van der Waals surface area contributed by atoms with Gasteiger partial charge in [0.2, 0.25) is 0 Å². The van der Waals surface area contributed by atoms with E-state index in [2.05, 4.69) is 20.5 Å². The first-order chi connectivity index (χ1) is 14.2. The predicted molar refractivity (Wildman–Crippen MR) is 103 cm³/mol. The van der Waals surface area contributed by atoms with E-state index in [9.17, 15) is 18.0 Å². The van der Waals surface area contributed by atoms with E-state index in [1.807, 2.05) is 0 Å². The van der Waals surface area contributed by atoms with Crippen molar-refractivity contribution in [3.63, 3.8) is 0 Å². The number of benzene rings is 1. The van der Waals surface area contributed by atoms with Gasteiger partial charge in [-0.3, -0.25) is 9.48 Å². The van der Waals surface area contributed by atoms with Crippen LogP contribution in [0.3, 0.4) is 0 Å². The highest BCUT2D eigenvalue weighted by atomic mass is 19.4. The zero-order valence-corrected chi connectivity index (χ0v) is 16.1. The van der Waals surface area contributed by atoms with E-state index >= 15 is 0 Å². The molecule has 3 heterocycles. The van der Waals surface area contributed by atoms with Gasteiger partial charge in [0.05, 0.1) is 29.2 Å². The standard InChI is InChI=1S/C20H17F3N6O/c1-12-18(25-19(30)16-10-17-24-7-4-8-28(17)27-16)13(2)29(26-12)11-14-5-3-6-15(9-14)20(21,22)23/h3-10H,11H2,1-2H3,(H,25,30). The third kappa shape index (κ3) is 3.76. The van der Waals surface area contributed by atoms with Gasteiger partial charge in [0, 0.05) is 18.5 Å². The number of aromatic nitrogens is 5. The van der Waals surface area contributed by atoms with E-state index in [1.54, 1.807) is 49.1 Å². The minimum absolute atomic E-state index is 0.144. The van der Waals surface area contributed by atoms with Crippen molar-refractivity contribution in [2.45, 2.75) is 26.6 Å². The van der Waals surface area contributed by atoms with E-state index in [-0.39, 0.29) is 12.2 Å². The number of anilines is 1. The molecule has 30 heavy (non-hydrogen) atoms. The summed E-state index contributed by atoms with van der Waals surface area (Å²) < 4.78 is 41.9. The Morgan fingerprint density at radius 3 is 2.67 bits per heavy atom. The second-order valence-corrected chi connectivity index (χ2v) is 6.81. The van der Waals surface area contributed by atoms with Crippen LogP contribution in [0.25, 0.3) is 5.65 Å². The molecular weight excluding hydrogens is 397 g/mol. The van der Waals surface area contributed by atoms with Crippen molar-refractivity contribution in [1.82, 2.24) is 24.4 Å². The van der Waals surface area contributed by atoms with Gasteiger partial charge >= 0.3 is 6.18 Å². The van der Waals surface area contributed by atoms with E-state index < -0.39 is 17.6 Å². The number of hydrogen-bond donors (Lipinski definition) is 1. The summed E-state index contributed by atoms with van der Waals surface area (Å²) in [4.78, 5) is 16.8. The number of nitrogens with one attached hydrogen (secondary N) is 1. The maximum absolute atomic E-state index is 13.0. The summed E-state index contributed by atoms with van der Waals surface area (Å²) >= 11 is 0. The molecule has 4 rings (SSSR count). The molecule has 4 aromatic rings. The van der Waals surface area contributed by atoms with Crippen LogP contribution in [-0.4, -0.2) is 30.3 Å². The molecular formula is C20H17F3N6O. The third-order valence-corrected chi connectivity index (χ3v) is 4.68. The van der Waals surface area contributed by atoms with Crippen molar-refractivity contribution in [3.8, 4) is 0 Å². The molecule has 0 radical (unpaired) electrons. The lowest BCUT2D eigenvalue weighted by Gasteiger charge is -2.10. The predicted octanol–water partition coefficient (Wildman–Crippen LogP) is 3.86. The van der Waals surface area contributed by atoms with E-state index in [0.717, 1.165) is 12.1 Å². The van der Waals surface area contributed by atoms with Crippen molar-refractivity contribution in [2.24, 2.45) is 0 Å². The van der Waals surface area contributed by atoms with Gasteiger partial charge in [-0.05, 0) is 37.6 Å². The Hall–Kier alpha value is -3.69. The van der Waals surface area contributed by atoms with Gasteiger partial charge in [-0.1, -0.05) is 12.1 Å². The molecule has 154 valence electrons. The summed E-state index contributed by atoms with van der Waals surface area (Å²) in [5, 5.41) is 11.3. The van der Waals surface area contributed by atoms with Gasteiger partial charge < -0.3 is 5.32 Å². The fraction of sp³-hybridized carbons (Fsp3) is 0.200. The molecule has 0 spiro atoms. The summed E-state index contributed by atoms with van der Waals surface area (Å²) in [6.07, 6.45) is -1.12. The lowest BCUT2D eigenvalue weighted by Crippen LogP contribution is -2.14. The van der Waals surface area contributed by atoms with E-state index in [1.165, 1.54) is 10.6 Å². The highest BCUT2D eigenvalue weighted by Gasteiger charge is 2.30. The normalized spacial score (nSPS) is 11.8. The number of halogens is 3. The molecule has 0 bridgehead atoms. The lowest BCUT2D eigenvalue weighted by atomic mass is 10.1. The van der Waals surface area contributed by atoms with Gasteiger partial charge in [-0.25, -0.2) is 9.50 Å². The van der Waals surface area contributed by atoms with Gasteiger partial charge in [0.1, 0.15) is 0 Å². The van der Waals surface area contributed by atoms with Gasteiger partial charge in [-0.15, -0.1) is 0 Å². The monoisotopic (exact) mass is 414 g/mol. The highest BCUT2D eigenvalue weighted by Crippen LogP contribution is 2.30. The Morgan fingerprint density at radius 1 is 1.13 bits per heavy atom. The maximum atomic E-state index is 13.0. The molecule has 0 aliphatic rings. The first-order valence-electron chi connectivity index (χ1n) is 9.04. The smallest absolute Gasteiger partial charge is 0.317 e. The molecule has 0 aliphatic heterocycles. The molecule has 7 nitrogen and oxygen atoms in total. The van der Waals surface area contributed by atoms with Crippen LogP contribution in [0.2, 0.25) is 0 Å². The second kappa shape index (κ2) is 7.29. The summed E-state index contributed by atoms with van der Waals surface area (Å²) in [5.41, 5.74) is 2.15.